The monoisotopic (exact) mass is 303 g/mol. The van der Waals surface area contributed by atoms with Crippen LogP contribution in [0.1, 0.15) is 67.9 Å². The predicted octanol–water partition coefficient (Wildman–Crippen LogP) is 2.78. The molecule has 1 aliphatic heterocycles. The molecule has 2 atom stereocenters. The second-order valence-electron chi connectivity index (χ2n) is 6.86. The predicted molar refractivity (Wildman–Crippen MR) is 82.8 cm³/mol. The van der Waals surface area contributed by atoms with Crippen LogP contribution in [0.5, 0.6) is 0 Å². The summed E-state index contributed by atoms with van der Waals surface area (Å²) in [5, 5.41) is 4.46. The molecule has 2 aliphatic carbocycles. The van der Waals surface area contributed by atoms with Crippen LogP contribution in [0.3, 0.4) is 0 Å². The Morgan fingerprint density at radius 2 is 1.91 bits per heavy atom. The maximum atomic E-state index is 13.1. The summed E-state index contributed by atoms with van der Waals surface area (Å²) in [7, 11) is 0. The van der Waals surface area contributed by atoms with Gasteiger partial charge in [-0.2, -0.15) is 5.10 Å². The van der Waals surface area contributed by atoms with Crippen molar-refractivity contribution in [2.45, 2.75) is 69.6 Å². The van der Waals surface area contributed by atoms with Crippen molar-refractivity contribution in [1.29, 1.82) is 0 Å². The number of hydrogen-bond acceptors (Lipinski definition) is 3. The molecular formula is C17H25N3O2. The van der Waals surface area contributed by atoms with E-state index in [-0.39, 0.29) is 18.1 Å². The van der Waals surface area contributed by atoms with Crippen LogP contribution in [0.15, 0.2) is 12.3 Å². The lowest BCUT2D eigenvalue weighted by Crippen LogP contribution is -2.55. The van der Waals surface area contributed by atoms with Gasteiger partial charge < -0.3 is 9.64 Å². The molecule has 120 valence electrons. The fourth-order valence-electron chi connectivity index (χ4n) is 4.42. The van der Waals surface area contributed by atoms with Crippen molar-refractivity contribution in [2.75, 3.05) is 13.2 Å². The van der Waals surface area contributed by atoms with Crippen LogP contribution in [0.25, 0.3) is 0 Å². The molecule has 0 bridgehead atoms. The van der Waals surface area contributed by atoms with Gasteiger partial charge in [0.2, 0.25) is 0 Å². The summed E-state index contributed by atoms with van der Waals surface area (Å²) in [6.45, 7) is 1.39. The van der Waals surface area contributed by atoms with Gasteiger partial charge in [-0.05, 0) is 31.7 Å². The van der Waals surface area contributed by atoms with E-state index >= 15 is 0 Å². The lowest BCUT2D eigenvalue weighted by atomic mass is 9.90. The molecule has 2 saturated carbocycles. The molecule has 1 aromatic rings. The van der Waals surface area contributed by atoms with Crippen LogP contribution >= 0.6 is 0 Å². The number of hydrogen-bond donors (Lipinski definition) is 0. The molecule has 3 fully saturated rings. The zero-order valence-electron chi connectivity index (χ0n) is 13.1. The summed E-state index contributed by atoms with van der Waals surface area (Å²) in [5.41, 5.74) is 0.776. The molecule has 0 N–H and O–H groups in total. The molecule has 1 aromatic heterocycles. The lowest BCUT2D eigenvalue weighted by molar-refractivity contribution is -0.0756. The Morgan fingerprint density at radius 1 is 1.14 bits per heavy atom. The zero-order valence-corrected chi connectivity index (χ0v) is 13.1. The van der Waals surface area contributed by atoms with Crippen LogP contribution in [0, 0.1) is 0 Å². The van der Waals surface area contributed by atoms with Crippen LogP contribution in [0.4, 0.5) is 0 Å². The standard InChI is InChI=1S/C17H25N3O2/c21-17(15-9-10-18-20(15)13-5-1-2-6-13)19-11-12-22-16-8-4-3-7-14(16)19/h9-10,13-14,16H,1-8,11-12H2/t14-,16-/m1/s1. The number of carbonyl (C=O) groups is 1. The van der Waals surface area contributed by atoms with Gasteiger partial charge in [0.25, 0.3) is 5.91 Å². The van der Waals surface area contributed by atoms with Gasteiger partial charge in [0.1, 0.15) is 5.69 Å². The van der Waals surface area contributed by atoms with Gasteiger partial charge in [0.15, 0.2) is 0 Å². The summed E-state index contributed by atoms with van der Waals surface area (Å²) in [5.74, 6) is 0.157. The number of aromatic nitrogens is 2. The van der Waals surface area contributed by atoms with E-state index in [2.05, 4.69) is 10.00 Å². The molecule has 3 aliphatic rings. The SMILES string of the molecule is O=C(c1ccnn1C1CCCC1)N1CCO[C@@H]2CCCC[C@H]21. The van der Waals surface area contributed by atoms with E-state index in [0.717, 1.165) is 37.9 Å². The van der Waals surface area contributed by atoms with Crippen molar-refractivity contribution in [3.05, 3.63) is 18.0 Å². The maximum absolute atomic E-state index is 13.1. The smallest absolute Gasteiger partial charge is 0.272 e. The first kappa shape index (κ1) is 14.2. The van der Waals surface area contributed by atoms with Crippen molar-refractivity contribution in [1.82, 2.24) is 14.7 Å². The Balaban J connectivity index is 1.57. The molecule has 1 amide bonds. The fraction of sp³-hybridized carbons (Fsp3) is 0.765. The molecular weight excluding hydrogens is 278 g/mol. The molecule has 5 heteroatoms. The molecule has 0 radical (unpaired) electrons. The molecule has 1 saturated heterocycles. The van der Waals surface area contributed by atoms with Gasteiger partial charge in [-0.3, -0.25) is 9.48 Å². The second-order valence-corrected chi connectivity index (χ2v) is 6.86. The highest BCUT2D eigenvalue weighted by Crippen LogP contribution is 2.32. The summed E-state index contributed by atoms with van der Waals surface area (Å²) >= 11 is 0. The van der Waals surface area contributed by atoms with E-state index in [0.29, 0.717) is 12.6 Å². The van der Waals surface area contributed by atoms with Gasteiger partial charge in [-0.25, -0.2) is 0 Å². The summed E-state index contributed by atoms with van der Waals surface area (Å²) < 4.78 is 7.88. The second kappa shape index (κ2) is 6.03. The highest BCUT2D eigenvalue weighted by atomic mass is 16.5. The minimum absolute atomic E-state index is 0.157. The minimum Gasteiger partial charge on any atom is -0.374 e. The average Bonchev–Trinajstić information content (AvgIpc) is 3.24. The number of fused-ring (bicyclic) bond motifs is 1. The number of morpholine rings is 1. The molecule has 0 spiro atoms. The van der Waals surface area contributed by atoms with E-state index in [1.165, 1.54) is 25.7 Å². The Hall–Kier alpha value is -1.36. The van der Waals surface area contributed by atoms with Gasteiger partial charge >= 0.3 is 0 Å². The van der Waals surface area contributed by atoms with Crippen molar-refractivity contribution in [2.24, 2.45) is 0 Å². The van der Waals surface area contributed by atoms with Crippen molar-refractivity contribution in [3.63, 3.8) is 0 Å². The Labute approximate surface area is 131 Å². The van der Waals surface area contributed by atoms with Crippen LogP contribution in [0.2, 0.25) is 0 Å². The summed E-state index contributed by atoms with van der Waals surface area (Å²) in [4.78, 5) is 15.2. The fourth-order valence-corrected chi connectivity index (χ4v) is 4.42. The van der Waals surface area contributed by atoms with Crippen LogP contribution in [-0.2, 0) is 4.74 Å². The summed E-state index contributed by atoms with van der Waals surface area (Å²) in [6.07, 6.45) is 11.4. The van der Waals surface area contributed by atoms with Crippen molar-refractivity contribution >= 4 is 5.91 Å². The minimum atomic E-state index is 0.157. The lowest BCUT2D eigenvalue weighted by Gasteiger charge is -2.43. The largest absolute Gasteiger partial charge is 0.374 e. The maximum Gasteiger partial charge on any atom is 0.272 e. The van der Waals surface area contributed by atoms with Crippen molar-refractivity contribution < 1.29 is 9.53 Å². The van der Waals surface area contributed by atoms with Crippen molar-refractivity contribution in [3.8, 4) is 0 Å². The normalized spacial score (nSPS) is 29.5. The van der Waals surface area contributed by atoms with Crippen LogP contribution < -0.4 is 0 Å². The third-order valence-corrected chi connectivity index (χ3v) is 5.55. The van der Waals surface area contributed by atoms with Crippen LogP contribution in [-0.4, -0.2) is 45.9 Å². The van der Waals surface area contributed by atoms with E-state index in [1.54, 1.807) is 6.20 Å². The quantitative estimate of drug-likeness (QED) is 0.844. The van der Waals surface area contributed by atoms with E-state index < -0.39 is 0 Å². The topological polar surface area (TPSA) is 47.4 Å². The Bertz CT molecular complexity index is 534. The Morgan fingerprint density at radius 3 is 2.77 bits per heavy atom. The molecule has 0 unspecified atom stereocenters. The number of amides is 1. The van der Waals surface area contributed by atoms with Gasteiger partial charge in [-0.15, -0.1) is 0 Å². The number of nitrogens with zero attached hydrogens (tertiary/aromatic N) is 3. The van der Waals surface area contributed by atoms with E-state index in [4.69, 9.17) is 4.74 Å². The number of ether oxygens (including phenoxy) is 1. The zero-order chi connectivity index (χ0) is 14.9. The molecule has 22 heavy (non-hydrogen) atoms. The first-order chi connectivity index (χ1) is 10.8. The molecule has 5 nitrogen and oxygen atoms in total. The third-order valence-electron chi connectivity index (χ3n) is 5.55. The number of carbonyl (C=O) groups excluding carboxylic acids is 1. The average molecular weight is 303 g/mol. The molecule has 0 aromatic carbocycles. The third kappa shape index (κ3) is 2.45. The first-order valence-corrected chi connectivity index (χ1v) is 8.80. The highest BCUT2D eigenvalue weighted by Gasteiger charge is 2.38. The van der Waals surface area contributed by atoms with E-state index in [9.17, 15) is 4.79 Å². The molecule has 2 heterocycles. The highest BCUT2D eigenvalue weighted by molar-refractivity contribution is 5.93. The van der Waals surface area contributed by atoms with Gasteiger partial charge in [-0.1, -0.05) is 25.7 Å². The first-order valence-electron chi connectivity index (χ1n) is 8.80. The van der Waals surface area contributed by atoms with E-state index in [1.807, 2.05) is 10.7 Å². The number of rotatable bonds is 2. The van der Waals surface area contributed by atoms with Gasteiger partial charge in [0.05, 0.1) is 24.8 Å². The Kier molecular flexibility index (Phi) is 3.90. The summed E-state index contributed by atoms with van der Waals surface area (Å²) in [6, 6.07) is 2.58. The molecule has 4 rings (SSSR count). The van der Waals surface area contributed by atoms with Gasteiger partial charge in [0, 0.05) is 12.7 Å².